The summed E-state index contributed by atoms with van der Waals surface area (Å²) < 4.78 is 33.1. The van der Waals surface area contributed by atoms with Crippen molar-refractivity contribution in [2.75, 3.05) is 40.6 Å². The number of methoxy groups -OCH3 is 2. The van der Waals surface area contributed by atoms with Crippen LogP contribution >= 0.6 is 0 Å². The number of carboxylic acids is 2. The van der Waals surface area contributed by atoms with Crippen molar-refractivity contribution in [1.82, 2.24) is 0 Å². The van der Waals surface area contributed by atoms with Crippen molar-refractivity contribution in [1.29, 1.82) is 0 Å². The molecule has 0 amide bonds. The Labute approximate surface area is 342 Å². The Hall–Kier alpha value is -5.66. The molecule has 6 rings (SSSR count). The fourth-order valence-corrected chi connectivity index (χ4v) is 9.17. The third-order valence-corrected chi connectivity index (χ3v) is 12.2. The summed E-state index contributed by atoms with van der Waals surface area (Å²) in [6, 6.07) is 15.8. The first-order valence-electron chi connectivity index (χ1n) is 20.4. The zero-order valence-electron chi connectivity index (χ0n) is 33.5. The number of carbonyl (C=O) groups excluding carboxylic acids is 4. The van der Waals surface area contributed by atoms with E-state index < -0.39 is 64.9 Å². The molecule has 316 valence electrons. The van der Waals surface area contributed by atoms with Crippen LogP contribution < -0.4 is 9.47 Å². The molecule has 3 aromatic carbocycles. The molecule has 2 fully saturated rings. The highest BCUT2D eigenvalue weighted by Crippen LogP contribution is 2.57. The minimum absolute atomic E-state index is 0.0682. The first kappa shape index (κ1) is 42.9. The summed E-state index contributed by atoms with van der Waals surface area (Å²) in [5.74, 6) is -6.44. The maximum absolute atomic E-state index is 13.4. The number of fused-ring (bicyclic) bond motifs is 4. The van der Waals surface area contributed by atoms with Gasteiger partial charge in [0.1, 0.15) is 26.4 Å². The van der Waals surface area contributed by atoms with Crippen LogP contribution in [0.2, 0.25) is 0 Å². The first-order valence-corrected chi connectivity index (χ1v) is 20.4. The summed E-state index contributed by atoms with van der Waals surface area (Å²) in [4.78, 5) is 75.6. The van der Waals surface area contributed by atoms with Gasteiger partial charge in [-0.1, -0.05) is 49.9 Å². The molecule has 3 aliphatic carbocycles. The number of benzene rings is 3. The molecular formula is C45H52O14. The highest BCUT2D eigenvalue weighted by Gasteiger charge is 2.45. The number of esters is 4. The minimum Gasteiger partial charge on any atom is -0.493 e. The second-order valence-electron chi connectivity index (χ2n) is 15.5. The molecule has 3 aromatic rings. The largest absolute Gasteiger partial charge is 0.493 e. The summed E-state index contributed by atoms with van der Waals surface area (Å²) >= 11 is 0. The van der Waals surface area contributed by atoms with E-state index in [4.69, 9.17) is 28.4 Å². The van der Waals surface area contributed by atoms with Gasteiger partial charge >= 0.3 is 35.8 Å². The van der Waals surface area contributed by atoms with Crippen LogP contribution in [0, 0.1) is 23.7 Å². The molecule has 14 nitrogen and oxygen atoms in total. The number of carbonyl (C=O) groups is 6. The normalized spacial score (nSPS) is 22.0. The van der Waals surface area contributed by atoms with E-state index in [9.17, 15) is 39.0 Å². The molecular weight excluding hydrogens is 764 g/mol. The topological polar surface area (TPSA) is 198 Å². The molecule has 2 N–H and O–H groups in total. The molecule has 0 aromatic heterocycles. The Morgan fingerprint density at radius 2 is 0.966 bits per heavy atom. The quantitative estimate of drug-likeness (QED) is 0.0787. The number of aliphatic carboxylic acids is 2. The monoisotopic (exact) mass is 816 g/mol. The van der Waals surface area contributed by atoms with Crippen LogP contribution in [0.3, 0.4) is 0 Å². The van der Waals surface area contributed by atoms with E-state index >= 15 is 0 Å². The Kier molecular flexibility index (Phi) is 14.1. The predicted molar refractivity (Wildman–Crippen MR) is 212 cm³/mol. The van der Waals surface area contributed by atoms with Crippen LogP contribution in [0.25, 0.3) is 21.9 Å². The molecule has 0 saturated heterocycles. The fraction of sp³-hybridized carbons (Fsp3) is 0.511. The third kappa shape index (κ3) is 9.63. The maximum Gasteiger partial charge on any atom is 0.309 e. The SMILES string of the molecule is COc1cc2c(cc1OC)C(CCC(=O)OCCOC(=O)C1CCCCC1C(=O)O)(CCC(=O)OCCOC(=O)C1CCCCC1C(=O)O)c1cc3ccccc3cc1-2. The zero-order valence-corrected chi connectivity index (χ0v) is 33.5. The lowest BCUT2D eigenvalue weighted by atomic mass is 9.71. The summed E-state index contributed by atoms with van der Waals surface area (Å²) in [5, 5.41) is 21.1. The molecule has 0 aliphatic heterocycles. The van der Waals surface area contributed by atoms with Gasteiger partial charge in [0.2, 0.25) is 0 Å². The molecule has 59 heavy (non-hydrogen) atoms. The molecule has 0 spiro atoms. The van der Waals surface area contributed by atoms with Crippen molar-refractivity contribution in [3.63, 3.8) is 0 Å². The lowest BCUT2D eigenvalue weighted by Gasteiger charge is -2.32. The first-order chi connectivity index (χ1) is 28.5. The van der Waals surface area contributed by atoms with E-state index in [0.717, 1.165) is 58.7 Å². The van der Waals surface area contributed by atoms with Gasteiger partial charge in [-0.15, -0.1) is 0 Å². The van der Waals surface area contributed by atoms with Gasteiger partial charge < -0.3 is 38.6 Å². The molecule has 14 heteroatoms. The minimum atomic E-state index is -1.02. The predicted octanol–water partition coefficient (Wildman–Crippen LogP) is 6.64. The van der Waals surface area contributed by atoms with E-state index in [1.165, 1.54) is 7.11 Å². The summed E-state index contributed by atoms with van der Waals surface area (Å²) in [5.41, 5.74) is 2.57. The van der Waals surface area contributed by atoms with Crippen molar-refractivity contribution in [2.45, 2.75) is 82.5 Å². The number of rotatable bonds is 18. The van der Waals surface area contributed by atoms with Crippen LogP contribution in [0.5, 0.6) is 11.5 Å². The lowest BCUT2D eigenvalue weighted by molar-refractivity contribution is -0.162. The van der Waals surface area contributed by atoms with E-state index in [1.54, 1.807) is 7.11 Å². The fourth-order valence-electron chi connectivity index (χ4n) is 9.17. The van der Waals surface area contributed by atoms with Gasteiger partial charge in [0.25, 0.3) is 0 Å². The second kappa shape index (κ2) is 19.4. The van der Waals surface area contributed by atoms with Gasteiger partial charge in [0, 0.05) is 18.3 Å². The maximum atomic E-state index is 13.4. The average molecular weight is 817 g/mol. The lowest BCUT2D eigenvalue weighted by Crippen LogP contribution is -2.34. The van der Waals surface area contributed by atoms with E-state index in [2.05, 4.69) is 12.1 Å². The van der Waals surface area contributed by atoms with Crippen LogP contribution in [-0.2, 0) is 53.1 Å². The van der Waals surface area contributed by atoms with E-state index in [0.29, 0.717) is 37.2 Å². The van der Waals surface area contributed by atoms with Gasteiger partial charge in [0.05, 0.1) is 37.9 Å². The van der Waals surface area contributed by atoms with Crippen molar-refractivity contribution >= 4 is 46.6 Å². The Morgan fingerprint density at radius 3 is 1.44 bits per heavy atom. The molecule has 3 aliphatic rings. The number of ether oxygens (including phenoxy) is 6. The van der Waals surface area contributed by atoms with Crippen LogP contribution in [0.15, 0.2) is 48.5 Å². The zero-order chi connectivity index (χ0) is 42.1. The third-order valence-electron chi connectivity index (χ3n) is 12.2. The standard InChI is InChI=1S/C45H52O14/c1-54-37-25-34-33-23-27-9-3-4-10-28(27)24-35(33)45(36(34)26-38(37)55-2,17-15-39(46)56-19-21-58-43(52)31-13-7-5-11-29(31)41(48)49)18-16-40(47)57-20-22-59-44(53)32-14-8-6-12-30(32)42(50)51/h3-4,9-10,23-26,29-32H,5-8,11-22H2,1-2H3,(H,48,49)(H,50,51). The summed E-state index contributed by atoms with van der Waals surface area (Å²) in [7, 11) is 3.08. The molecule has 4 atom stereocenters. The Balaban J connectivity index is 1.17. The average Bonchev–Trinajstić information content (AvgIpc) is 3.50. The smallest absolute Gasteiger partial charge is 0.309 e. The van der Waals surface area contributed by atoms with Crippen LogP contribution in [-0.4, -0.2) is 86.7 Å². The van der Waals surface area contributed by atoms with E-state index in [-0.39, 0.29) is 52.1 Å². The van der Waals surface area contributed by atoms with Crippen molar-refractivity contribution < 1.29 is 67.4 Å². The number of carboxylic acid groups (broad SMARTS) is 2. The van der Waals surface area contributed by atoms with Gasteiger partial charge in [-0.2, -0.15) is 0 Å². The van der Waals surface area contributed by atoms with Crippen LogP contribution in [0.1, 0.15) is 88.2 Å². The van der Waals surface area contributed by atoms with Crippen LogP contribution in [0.4, 0.5) is 0 Å². The van der Waals surface area contributed by atoms with Gasteiger partial charge in [-0.05, 0) is 95.8 Å². The number of hydrogen-bond acceptors (Lipinski definition) is 12. The second-order valence-corrected chi connectivity index (χ2v) is 15.5. The van der Waals surface area contributed by atoms with Gasteiger partial charge in [0.15, 0.2) is 11.5 Å². The molecule has 4 unspecified atom stereocenters. The molecule has 2 saturated carbocycles. The Bertz CT molecular complexity index is 1990. The molecule has 0 bridgehead atoms. The van der Waals surface area contributed by atoms with Crippen molar-refractivity contribution in [2.24, 2.45) is 23.7 Å². The number of hydrogen-bond donors (Lipinski definition) is 2. The molecule has 0 radical (unpaired) electrons. The highest BCUT2D eigenvalue weighted by molar-refractivity contribution is 5.94. The van der Waals surface area contributed by atoms with Crippen molar-refractivity contribution in [3.8, 4) is 22.6 Å². The van der Waals surface area contributed by atoms with E-state index in [1.807, 2.05) is 36.4 Å². The highest BCUT2D eigenvalue weighted by atomic mass is 16.6. The Morgan fingerprint density at radius 1 is 0.559 bits per heavy atom. The van der Waals surface area contributed by atoms with Gasteiger partial charge in [-0.25, -0.2) is 0 Å². The summed E-state index contributed by atoms with van der Waals surface area (Å²) in [6.07, 6.45) is 4.96. The van der Waals surface area contributed by atoms with Gasteiger partial charge in [-0.3, -0.25) is 28.8 Å². The summed E-state index contributed by atoms with van der Waals surface area (Å²) in [6.45, 7) is -0.844. The van der Waals surface area contributed by atoms with Crippen molar-refractivity contribution in [3.05, 3.63) is 59.7 Å². The molecule has 0 heterocycles.